The highest BCUT2D eigenvalue weighted by Crippen LogP contribution is 2.20. The number of halogens is 1. The quantitative estimate of drug-likeness (QED) is 0.815. The van der Waals surface area contributed by atoms with Crippen LogP contribution in [0.3, 0.4) is 0 Å². The van der Waals surface area contributed by atoms with Crippen LogP contribution < -0.4 is 5.32 Å². The molecule has 6 heteroatoms. The van der Waals surface area contributed by atoms with Crippen LogP contribution in [0.2, 0.25) is 5.02 Å². The predicted molar refractivity (Wildman–Crippen MR) is 90.6 cm³/mol. The van der Waals surface area contributed by atoms with Gasteiger partial charge in [-0.2, -0.15) is 0 Å². The molecule has 0 bridgehead atoms. The van der Waals surface area contributed by atoms with Gasteiger partial charge in [0.25, 0.3) is 0 Å². The summed E-state index contributed by atoms with van der Waals surface area (Å²) < 4.78 is 1.94. The third-order valence-electron chi connectivity index (χ3n) is 4.11. The number of rotatable bonds is 7. The number of nitrogens with one attached hydrogen (secondary N) is 1. The van der Waals surface area contributed by atoms with Gasteiger partial charge in [-0.25, -0.2) is 4.79 Å². The first-order valence-corrected chi connectivity index (χ1v) is 8.06. The number of carbonyl (C=O) groups excluding carboxylic acids is 1. The number of aromatic nitrogens is 1. The van der Waals surface area contributed by atoms with Gasteiger partial charge in [0, 0.05) is 29.7 Å². The van der Waals surface area contributed by atoms with Gasteiger partial charge in [-0.15, -0.1) is 0 Å². The second-order valence-electron chi connectivity index (χ2n) is 5.73. The molecule has 1 heterocycles. The molecule has 2 N–H and O–H groups in total. The zero-order valence-electron chi connectivity index (χ0n) is 13.3. The van der Waals surface area contributed by atoms with E-state index in [2.05, 4.69) is 5.32 Å². The summed E-state index contributed by atoms with van der Waals surface area (Å²) in [7, 11) is 0. The first-order valence-electron chi connectivity index (χ1n) is 7.69. The van der Waals surface area contributed by atoms with Crippen molar-refractivity contribution in [1.82, 2.24) is 9.88 Å². The van der Waals surface area contributed by atoms with Gasteiger partial charge >= 0.3 is 5.97 Å². The number of aryl methyl sites for hydroxylation is 1. The highest BCUT2D eigenvalue weighted by atomic mass is 35.5. The lowest BCUT2D eigenvalue weighted by Gasteiger charge is -2.20. The van der Waals surface area contributed by atoms with Gasteiger partial charge in [-0.3, -0.25) is 4.79 Å². The van der Waals surface area contributed by atoms with Crippen molar-refractivity contribution in [2.75, 3.05) is 0 Å². The molecule has 2 atom stereocenters. The number of carboxylic acid groups (broad SMARTS) is 1. The fourth-order valence-electron chi connectivity index (χ4n) is 2.50. The Hall–Kier alpha value is -2.01. The van der Waals surface area contributed by atoms with Gasteiger partial charge in [0.15, 0.2) is 0 Å². The number of hydrogen-bond acceptors (Lipinski definition) is 2. The van der Waals surface area contributed by atoms with E-state index in [4.69, 9.17) is 11.6 Å². The van der Waals surface area contributed by atoms with Gasteiger partial charge in [-0.1, -0.05) is 37.9 Å². The molecular formula is C17H21ClN2O3. The summed E-state index contributed by atoms with van der Waals surface area (Å²) in [6.07, 6.45) is 2.81. The zero-order chi connectivity index (χ0) is 17.0. The van der Waals surface area contributed by atoms with Crippen molar-refractivity contribution in [3.63, 3.8) is 0 Å². The SMILES string of the molecule is CC[C@@H](C)[C@H](NC(=O)CCn1ccc2ccc(Cl)cc21)C(=O)O. The lowest BCUT2D eigenvalue weighted by Crippen LogP contribution is -2.45. The largest absolute Gasteiger partial charge is 0.480 e. The molecule has 124 valence electrons. The Morgan fingerprint density at radius 3 is 2.74 bits per heavy atom. The number of amides is 1. The Labute approximate surface area is 140 Å². The summed E-state index contributed by atoms with van der Waals surface area (Å²) in [4.78, 5) is 23.3. The van der Waals surface area contributed by atoms with Crippen LogP contribution in [0.15, 0.2) is 30.5 Å². The van der Waals surface area contributed by atoms with Crippen molar-refractivity contribution in [2.24, 2.45) is 5.92 Å². The molecule has 0 radical (unpaired) electrons. The van der Waals surface area contributed by atoms with Crippen molar-refractivity contribution in [1.29, 1.82) is 0 Å². The molecule has 2 aromatic rings. The fourth-order valence-corrected chi connectivity index (χ4v) is 2.67. The molecule has 1 aromatic heterocycles. The van der Waals surface area contributed by atoms with Crippen LogP contribution in [-0.2, 0) is 16.1 Å². The predicted octanol–water partition coefficient (Wildman–Crippen LogP) is 3.30. The first-order chi connectivity index (χ1) is 10.9. The average Bonchev–Trinajstić information content (AvgIpc) is 2.91. The van der Waals surface area contributed by atoms with Gasteiger partial charge < -0.3 is 15.0 Å². The molecule has 0 fully saturated rings. The summed E-state index contributed by atoms with van der Waals surface area (Å²) in [6.45, 7) is 4.20. The number of carbonyl (C=O) groups is 2. The number of benzene rings is 1. The maximum Gasteiger partial charge on any atom is 0.326 e. The Balaban J connectivity index is 2.00. The topological polar surface area (TPSA) is 71.3 Å². The average molecular weight is 337 g/mol. The Morgan fingerprint density at radius 2 is 2.09 bits per heavy atom. The molecule has 0 aliphatic rings. The van der Waals surface area contributed by atoms with E-state index in [-0.39, 0.29) is 18.2 Å². The van der Waals surface area contributed by atoms with Crippen LogP contribution in [0.4, 0.5) is 0 Å². The van der Waals surface area contributed by atoms with E-state index in [0.717, 1.165) is 10.9 Å². The van der Waals surface area contributed by atoms with Crippen LogP contribution in [0, 0.1) is 5.92 Å². The Bertz CT molecular complexity index is 711. The smallest absolute Gasteiger partial charge is 0.326 e. The lowest BCUT2D eigenvalue weighted by molar-refractivity contribution is -0.143. The fraction of sp³-hybridized carbons (Fsp3) is 0.412. The van der Waals surface area contributed by atoms with E-state index >= 15 is 0 Å². The molecule has 5 nitrogen and oxygen atoms in total. The zero-order valence-corrected chi connectivity index (χ0v) is 14.0. The van der Waals surface area contributed by atoms with Gasteiger partial charge in [0.1, 0.15) is 6.04 Å². The van der Waals surface area contributed by atoms with Crippen molar-refractivity contribution >= 4 is 34.4 Å². The van der Waals surface area contributed by atoms with Gasteiger partial charge in [0.05, 0.1) is 0 Å². The minimum absolute atomic E-state index is 0.109. The standard InChI is InChI=1S/C17H21ClN2O3/c1-3-11(2)16(17(22)23)19-15(21)7-9-20-8-6-12-4-5-13(18)10-14(12)20/h4-6,8,10-11,16H,3,7,9H2,1-2H3,(H,19,21)(H,22,23)/t11-,16+/m1/s1. The molecular weight excluding hydrogens is 316 g/mol. The molecule has 0 spiro atoms. The summed E-state index contributed by atoms with van der Waals surface area (Å²) in [5.74, 6) is -1.37. The minimum Gasteiger partial charge on any atom is -0.480 e. The molecule has 0 aliphatic carbocycles. The third kappa shape index (κ3) is 4.26. The molecule has 0 saturated carbocycles. The number of fused-ring (bicyclic) bond motifs is 1. The summed E-state index contributed by atoms with van der Waals surface area (Å²) in [6, 6.07) is 6.72. The van der Waals surface area contributed by atoms with E-state index in [1.165, 1.54) is 0 Å². The summed E-state index contributed by atoms with van der Waals surface area (Å²) in [5, 5.41) is 13.5. The number of nitrogens with zero attached hydrogens (tertiary/aromatic N) is 1. The molecule has 1 amide bonds. The highest BCUT2D eigenvalue weighted by molar-refractivity contribution is 6.31. The molecule has 2 rings (SSSR count). The lowest BCUT2D eigenvalue weighted by atomic mass is 9.99. The molecule has 0 unspecified atom stereocenters. The van der Waals surface area contributed by atoms with Crippen LogP contribution >= 0.6 is 11.6 Å². The Kier molecular flexibility index (Phi) is 5.66. The monoisotopic (exact) mass is 336 g/mol. The van der Waals surface area contributed by atoms with Crippen LogP contribution in [0.1, 0.15) is 26.7 Å². The first kappa shape index (κ1) is 17.3. The number of carboxylic acids is 1. The second kappa shape index (κ2) is 7.51. The molecule has 23 heavy (non-hydrogen) atoms. The molecule has 1 aromatic carbocycles. The van der Waals surface area contributed by atoms with E-state index in [9.17, 15) is 14.7 Å². The summed E-state index contributed by atoms with van der Waals surface area (Å²) in [5.41, 5.74) is 0.960. The molecule has 0 aliphatic heterocycles. The van der Waals surface area contributed by atoms with Crippen molar-refractivity contribution in [2.45, 2.75) is 39.3 Å². The maximum atomic E-state index is 12.1. The van der Waals surface area contributed by atoms with E-state index in [0.29, 0.717) is 18.0 Å². The van der Waals surface area contributed by atoms with Crippen molar-refractivity contribution < 1.29 is 14.7 Å². The number of aliphatic carboxylic acids is 1. The number of hydrogen-bond donors (Lipinski definition) is 2. The third-order valence-corrected chi connectivity index (χ3v) is 4.35. The van der Waals surface area contributed by atoms with Crippen LogP contribution in [0.25, 0.3) is 10.9 Å². The van der Waals surface area contributed by atoms with Crippen LogP contribution in [0.5, 0.6) is 0 Å². The van der Waals surface area contributed by atoms with E-state index in [1.807, 2.05) is 48.9 Å². The minimum atomic E-state index is -0.995. The van der Waals surface area contributed by atoms with Crippen molar-refractivity contribution in [3.8, 4) is 0 Å². The van der Waals surface area contributed by atoms with Crippen LogP contribution in [-0.4, -0.2) is 27.6 Å². The normalized spacial score (nSPS) is 13.7. The van der Waals surface area contributed by atoms with E-state index < -0.39 is 12.0 Å². The van der Waals surface area contributed by atoms with E-state index in [1.54, 1.807) is 0 Å². The highest BCUT2D eigenvalue weighted by Gasteiger charge is 2.25. The van der Waals surface area contributed by atoms with Gasteiger partial charge in [-0.05, 0) is 29.5 Å². The Morgan fingerprint density at radius 1 is 1.35 bits per heavy atom. The maximum absolute atomic E-state index is 12.1. The van der Waals surface area contributed by atoms with Gasteiger partial charge in [0.2, 0.25) is 5.91 Å². The second-order valence-corrected chi connectivity index (χ2v) is 6.17. The summed E-state index contributed by atoms with van der Waals surface area (Å²) >= 11 is 6.01. The molecule has 0 saturated heterocycles. The van der Waals surface area contributed by atoms with Crippen molar-refractivity contribution in [3.05, 3.63) is 35.5 Å².